The van der Waals surface area contributed by atoms with Gasteiger partial charge in [-0.1, -0.05) is 0 Å². The Morgan fingerprint density at radius 2 is 1.89 bits per heavy atom. The lowest BCUT2D eigenvalue weighted by Gasteiger charge is -2.16. The van der Waals surface area contributed by atoms with Crippen molar-refractivity contribution in [3.8, 4) is 0 Å². The molecule has 0 aliphatic heterocycles. The van der Waals surface area contributed by atoms with Gasteiger partial charge in [-0.25, -0.2) is 0 Å². The summed E-state index contributed by atoms with van der Waals surface area (Å²) in [4.78, 5) is 14.8. The zero-order valence-corrected chi connectivity index (χ0v) is 12.5. The van der Waals surface area contributed by atoms with Crippen molar-refractivity contribution in [2.24, 2.45) is 0 Å². The molecule has 0 saturated heterocycles. The fourth-order valence-corrected chi connectivity index (χ4v) is 1.92. The summed E-state index contributed by atoms with van der Waals surface area (Å²) in [6.45, 7) is 2.13. The Kier molecular flexibility index (Phi) is 5.97. The smallest absolute Gasteiger partial charge is 0.231 e. The van der Waals surface area contributed by atoms with E-state index >= 15 is 0 Å². The standard InChI is InChI=1S/C11H22N6S/c1-8(6-7-18-5)13-10-14-9(12-2)15-11(16-10)17(3)4/h8H,6-7H2,1-5H3,(H2,12,13,14,15,16). The lowest BCUT2D eigenvalue weighted by molar-refractivity contribution is 0.757. The quantitative estimate of drug-likeness (QED) is 0.779. The number of aromatic nitrogens is 3. The molecule has 1 rings (SSSR count). The van der Waals surface area contributed by atoms with Gasteiger partial charge in [-0.15, -0.1) is 0 Å². The molecule has 0 fully saturated rings. The molecule has 102 valence electrons. The van der Waals surface area contributed by atoms with Crippen LogP contribution < -0.4 is 15.5 Å². The molecule has 7 heteroatoms. The molecule has 0 radical (unpaired) electrons. The van der Waals surface area contributed by atoms with Gasteiger partial charge >= 0.3 is 0 Å². The van der Waals surface area contributed by atoms with Gasteiger partial charge in [0.1, 0.15) is 0 Å². The minimum atomic E-state index is 0.347. The third kappa shape index (κ3) is 4.56. The summed E-state index contributed by atoms with van der Waals surface area (Å²) in [5.41, 5.74) is 0. The van der Waals surface area contributed by atoms with Crippen molar-refractivity contribution in [3.05, 3.63) is 0 Å². The molecule has 1 heterocycles. The molecule has 0 aliphatic carbocycles. The van der Waals surface area contributed by atoms with Crippen LogP contribution in [0.4, 0.5) is 17.8 Å². The fraction of sp³-hybridized carbons (Fsp3) is 0.727. The average Bonchev–Trinajstić information content (AvgIpc) is 2.35. The molecule has 0 bridgehead atoms. The second kappa shape index (κ2) is 7.25. The predicted molar refractivity (Wildman–Crippen MR) is 79.8 cm³/mol. The highest BCUT2D eigenvalue weighted by Crippen LogP contribution is 2.13. The molecule has 0 aromatic carbocycles. The van der Waals surface area contributed by atoms with Crippen LogP contribution in [0.3, 0.4) is 0 Å². The van der Waals surface area contributed by atoms with E-state index in [0.29, 0.717) is 23.9 Å². The first-order valence-corrected chi connectivity index (χ1v) is 7.32. The number of anilines is 3. The number of nitrogens with zero attached hydrogens (tertiary/aromatic N) is 4. The predicted octanol–water partition coefficient (Wildman–Crippen LogP) is 1.53. The highest BCUT2D eigenvalue weighted by Gasteiger charge is 2.09. The second-order valence-corrected chi connectivity index (χ2v) is 5.24. The number of rotatable bonds is 7. The van der Waals surface area contributed by atoms with Crippen LogP contribution in [0.15, 0.2) is 0 Å². The summed E-state index contributed by atoms with van der Waals surface area (Å²) in [7, 11) is 5.63. The van der Waals surface area contributed by atoms with Crippen molar-refractivity contribution in [2.45, 2.75) is 19.4 Å². The van der Waals surface area contributed by atoms with Gasteiger partial charge in [-0.3, -0.25) is 0 Å². The summed E-state index contributed by atoms with van der Waals surface area (Å²) < 4.78 is 0. The van der Waals surface area contributed by atoms with E-state index < -0.39 is 0 Å². The van der Waals surface area contributed by atoms with Crippen LogP contribution in [-0.2, 0) is 0 Å². The van der Waals surface area contributed by atoms with Crippen LogP contribution in [0.25, 0.3) is 0 Å². The van der Waals surface area contributed by atoms with Crippen molar-refractivity contribution in [3.63, 3.8) is 0 Å². The Labute approximate surface area is 113 Å². The van der Waals surface area contributed by atoms with E-state index in [4.69, 9.17) is 0 Å². The van der Waals surface area contributed by atoms with E-state index in [1.165, 1.54) is 0 Å². The number of thioether (sulfide) groups is 1. The van der Waals surface area contributed by atoms with Crippen LogP contribution >= 0.6 is 11.8 Å². The molecule has 2 N–H and O–H groups in total. The summed E-state index contributed by atoms with van der Waals surface area (Å²) in [6, 6.07) is 0.347. The number of nitrogens with one attached hydrogen (secondary N) is 2. The van der Waals surface area contributed by atoms with Crippen LogP contribution in [-0.4, -0.2) is 54.1 Å². The molecule has 1 atom stereocenters. The molecule has 0 saturated carbocycles. The molecule has 0 aliphatic rings. The first-order chi connectivity index (χ1) is 8.56. The number of hydrogen-bond donors (Lipinski definition) is 2. The van der Waals surface area contributed by atoms with Gasteiger partial charge in [0.2, 0.25) is 17.8 Å². The summed E-state index contributed by atoms with van der Waals surface area (Å²) in [5, 5.41) is 6.25. The molecule has 1 unspecified atom stereocenters. The summed E-state index contributed by atoms with van der Waals surface area (Å²) in [5.74, 6) is 2.97. The zero-order valence-electron chi connectivity index (χ0n) is 11.7. The van der Waals surface area contributed by atoms with Gasteiger partial charge < -0.3 is 15.5 Å². The lowest BCUT2D eigenvalue weighted by atomic mass is 10.3. The third-order valence-electron chi connectivity index (χ3n) is 2.38. The van der Waals surface area contributed by atoms with E-state index in [1.54, 1.807) is 7.05 Å². The van der Waals surface area contributed by atoms with E-state index in [-0.39, 0.29) is 0 Å². The van der Waals surface area contributed by atoms with Crippen LogP contribution in [0.1, 0.15) is 13.3 Å². The first-order valence-electron chi connectivity index (χ1n) is 5.93. The summed E-state index contributed by atoms with van der Waals surface area (Å²) in [6.07, 6.45) is 3.19. The van der Waals surface area contributed by atoms with Crippen LogP contribution in [0.5, 0.6) is 0 Å². The Balaban J connectivity index is 2.77. The molecular weight excluding hydrogens is 248 g/mol. The molecule has 1 aromatic heterocycles. The van der Waals surface area contributed by atoms with Crippen LogP contribution in [0.2, 0.25) is 0 Å². The zero-order chi connectivity index (χ0) is 13.5. The first kappa shape index (κ1) is 14.8. The third-order valence-corrected chi connectivity index (χ3v) is 3.02. The van der Waals surface area contributed by atoms with Crippen molar-refractivity contribution in [2.75, 3.05) is 48.7 Å². The van der Waals surface area contributed by atoms with Crippen LogP contribution in [0, 0.1) is 0 Å². The average molecular weight is 270 g/mol. The monoisotopic (exact) mass is 270 g/mol. The van der Waals surface area contributed by atoms with E-state index in [9.17, 15) is 0 Å². The fourth-order valence-electron chi connectivity index (χ4n) is 1.33. The van der Waals surface area contributed by atoms with Gasteiger partial charge in [0.15, 0.2) is 0 Å². The summed E-state index contributed by atoms with van der Waals surface area (Å²) >= 11 is 1.84. The van der Waals surface area contributed by atoms with E-state index in [1.807, 2.05) is 30.8 Å². The Morgan fingerprint density at radius 1 is 1.22 bits per heavy atom. The van der Waals surface area contributed by atoms with Crippen molar-refractivity contribution >= 4 is 29.6 Å². The minimum Gasteiger partial charge on any atom is -0.357 e. The number of hydrogen-bond acceptors (Lipinski definition) is 7. The van der Waals surface area contributed by atoms with Crippen molar-refractivity contribution < 1.29 is 0 Å². The van der Waals surface area contributed by atoms with Gasteiger partial charge in [0.05, 0.1) is 0 Å². The van der Waals surface area contributed by atoms with Gasteiger partial charge in [0.25, 0.3) is 0 Å². The van der Waals surface area contributed by atoms with Crippen molar-refractivity contribution in [1.82, 2.24) is 15.0 Å². The Hall–Kier alpha value is -1.24. The normalized spacial score (nSPS) is 12.1. The molecule has 0 amide bonds. The largest absolute Gasteiger partial charge is 0.357 e. The van der Waals surface area contributed by atoms with Crippen molar-refractivity contribution in [1.29, 1.82) is 0 Å². The van der Waals surface area contributed by atoms with E-state index in [0.717, 1.165) is 12.2 Å². The van der Waals surface area contributed by atoms with Gasteiger partial charge in [-0.05, 0) is 25.4 Å². The highest BCUT2D eigenvalue weighted by molar-refractivity contribution is 7.98. The molecule has 18 heavy (non-hydrogen) atoms. The maximum absolute atomic E-state index is 4.37. The topological polar surface area (TPSA) is 66.0 Å². The Bertz CT molecular complexity index is 371. The molecule has 6 nitrogen and oxygen atoms in total. The lowest BCUT2D eigenvalue weighted by Crippen LogP contribution is -2.21. The van der Waals surface area contributed by atoms with E-state index in [2.05, 4.69) is 38.8 Å². The molecule has 0 spiro atoms. The van der Waals surface area contributed by atoms with Gasteiger partial charge in [-0.2, -0.15) is 26.7 Å². The second-order valence-electron chi connectivity index (χ2n) is 4.25. The molecular formula is C11H22N6S. The Morgan fingerprint density at radius 3 is 2.44 bits per heavy atom. The van der Waals surface area contributed by atoms with Gasteiger partial charge in [0, 0.05) is 27.2 Å². The highest BCUT2D eigenvalue weighted by atomic mass is 32.2. The minimum absolute atomic E-state index is 0.347. The maximum atomic E-state index is 4.37. The molecule has 1 aromatic rings. The maximum Gasteiger partial charge on any atom is 0.231 e. The SMILES string of the molecule is CNc1nc(NC(C)CCSC)nc(N(C)C)n1.